The van der Waals surface area contributed by atoms with E-state index in [1.165, 1.54) is 0 Å². The number of piperidine rings is 1. The number of para-hydroxylation sites is 1. The highest BCUT2D eigenvalue weighted by Crippen LogP contribution is 2.29. The number of fused-ring (bicyclic) bond motifs is 1. The summed E-state index contributed by atoms with van der Waals surface area (Å²) in [5.74, 6) is 0.411. The van der Waals surface area contributed by atoms with E-state index in [0.29, 0.717) is 36.6 Å². The van der Waals surface area contributed by atoms with Gasteiger partial charge in [0.2, 0.25) is 0 Å². The number of furan rings is 1. The lowest BCUT2D eigenvalue weighted by Gasteiger charge is -2.38. The topological polar surface area (TPSA) is 45.9 Å². The van der Waals surface area contributed by atoms with Crippen molar-refractivity contribution in [3.05, 3.63) is 35.6 Å². The number of hydrogen-bond donors (Lipinski definition) is 0. The maximum absolute atomic E-state index is 12.5. The van der Waals surface area contributed by atoms with Gasteiger partial charge in [-0.25, -0.2) is 4.79 Å². The van der Waals surface area contributed by atoms with E-state index in [4.69, 9.17) is 9.15 Å². The molecular weight excluding hydrogens is 328 g/mol. The average Bonchev–Trinajstić information content (AvgIpc) is 2.99. The monoisotopic (exact) mass is 358 g/mol. The van der Waals surface area contributed by atoms with Crippen LogP contribution in [-0.2, 0) is 11.3 Å². The number of carbonyl (C=O) groups excluding carboxylic acids is 1. The van der Waals surface area contributed by atoms with Gasteiger partial charge in [-0.2, -0.15) is 0 Å². The molecule has 0 bridgehead atoms. The molecule has 5 nitrogen and oxygen atoms in total. The Morgan fingerprint density at radius 1 is 1.31 bits per heavy atom. The molecule has 1 fully saturated rings. The molecule has 1 aromatic heterocycles. The zero-order valence-electron chi connectivity index (χ0n) is 16.3. The van der Waals surface area contributed by atoms with Gasteiger partial charge >= 0.3 is 5.97 Å². The van der Waals surface area contributed by atoms with E-state index in [2.05, 4.69) is 30.7 Å². The highest BCUT2D eigenvalue weighted by molar-refractivity contribution is 6.04. The molecule has 3 rings (SSSR count). The number of esters is 1. The van der Waals surface area contributed by atoms with E-state index in [0.717, 1.165) is 36.9 Å². The maximum Gasteiger partial charge on any atom is 0.342 e. The minimum atomic E-state index is -0.296. The summed E-state index contributed by atoms with van der Waals surface area (Å²) in [7, 11) is 2.12. The SMILES string of the molecule is CCOC(=O)c1c(CN(C)C2CCN(C(C)C)CC2)oc2ccccc12. The first-order chi connectivity index (χ1) is 12.5. The van der Waals surface area contributed by atoms with E-state index in [1.54, 1.807) is 0 Å². The zero-order chi connectivity index (χ0) is 18.7. The van der Waals surface area contributed by atoms with Crippen molar-refractivity contribution in [3.8, 4) is 0 Å². The largest absolute Gasteiger partial charge is 0.462 e. The molecular formula is C21H30N2O3. The fourth-order valence-corrected chi connectivity index (χ4v) is 3.83. The number of likely N-dealkylation sites (tertiary alicyclic amines) is 1. The Morgan fingerprint density at radius 2 is 2.00 bits per heavy atom. The first-order valence-electron chi connectivity index (χ1n) is 9.63. The number of carbonyl (C=O) groups is 1. The highest BCUT2D eigenvalue weighted by Gasteiger charge is 2.27. The summed E-state index contributed by atoms with van der Waals surface area (Å²) in [6.07, 6.45) is 2.29. The minimum absolute atomic E-state index is 0.296. The van der Waals surface area contributed by atoms with Gasteiger partial charge in [-0.05, 0) is 59.8 Å². The van der Waals surface area contributed by atoms with Crippen LogP contribution in [0.2, 0.25) is 0 Å². The summed E-state index contributed by atoms with van der Waals surface area (Å²) in [4.78, 5) is 17.3. The van der Waals surface area contributed by atoms with Gasteiger partial charge in [0.1, 0.15) is 16.9 Å². The van der Waals surface area contributed by atoms with Gasteiger partial charge in [0, 0.05) is 17.5 Å². The molecule has 1 aliphatic rings. The van der Waals surface area contributed by atoms with Gasteiger partial charge in [-0.15, -0.1) is 0 Å². The van der Waals surface area contributed by atoms with Crippen molar-refractivity contribution in [2.24, 2.45) is 0 Å². The average molecular weight is 358 g/mol. The molecule has 0 radical (unpaired) electrons. The van der Waals surface area contributed by atoms with E-state index in [-0.39, 0.29) is 5.97 Å². The Bertz CT molecular complexity index is 745. The van der Waals surface area contributed by atoms with E-state index >= 15 is 0 Å². The van der Waals surface area contributed by atoms with Gasteiger partial charge in [-0.3, -0.25) is 4.90 Å². The second-order valence-electron chi connectivity index (χ2n) is 7.39. The molecule has 0 spiro atoms. The van der Waals surface area contributed by atoms with Gasteiger partial charge < -0.3 is 14.1 Å². The molecule has 0 amide bonds. The molecule has 0 aliphatic carbocycles. The van der Waals surface area contributed by atoms with Crippen molar-refractivity contribution in [1.82, 2.24) is 9.80 Å². The Labute approximate surface area is 155 Å². The third-order valence-electron chi connectivity index (χ3n) is 5.39. The lowest BCUT2D eigenvalue weighted by atomic mass is 10.0. The van der Waals surface area contributed by atoms with Crippen LogP contribution in [0.4, 0.5) is 0 Å². The van der Waals surface area contributed by atoms with Crippen molar-refractivity contribution >= 4 is 16.9 Å². The molecule has 1 aliphatic heterocycles. The molecule has 2 aromatic rings. The van der Waals surface area contributed by atoms with Crippen molar-refractivity contribution in [1.29, 1.82) is 0 Å². The van der Waals surface area contributed by atoms with Crippen molar-refractivity contribution in [3.63, 3.8) is 0 Å². The van der Waals surface area contributed by atoms with Crippen LogP contribution in [0.3, 0.4) is 0 Å². The highest BCUT2D eigenvalue weighted by atomic mass is 16.5. The number of nitrogens with zero attached hydrogens (tertiary/aromatic N) is 2. The molecule has 5 heteroatoms. The lowest BCUT2D eigenvalue weighted by molar-refractivity contribution is 0.0521. The van der Waals surface area contributed by atoms with E-state index in [1.807, 2.05) is 31.2 Å². The Balaban J connectivity index is 1.78. The molecule has 142 valence electrons. The van der Waals surface area contributed by atoms with Crippen molar-refractivity contribution in [2.45, 2.75) is 52.2 Å². The first kappa shape index (κ1) is 18.9. The summed E-state index contributed by atoms with van der Waals surface area (Å²) in [5, 5.41) is 0.837. The van der Waals surface area contributed by atoms with Crippen LogP contribution < -0.4 is 0 Å². The third kappa shape index (κ3) is 3.94. The fourth-order valence-electron chi connectivity index (χ4n) is 3.83. The molecule has 1 aromatic carbocycles. The van der Waals surface area contributed by atoms with Crippen molar-refractivity contribution < 1.29 is 13.9 Å². The molecule has 0 atom stereocenters. The van der Waals surface area contributed by atoms with E-state index in [9.17, 15) is 4.79 Å². The number of ether oxygens (including phenoxy) is 1. The van der Waals surface area contributed by atoms with Crippen LogP contribution >= 0.6 is 0 Å². The lowest BCUT2D eigenvalue weighted by Crippen LogP contribution is -2.45. The van der Waals surface area contributed by atoms with Crippen LogP contribution in [0.15, 0.2) is 28.7 Å². The van der Waals surface area contributed by atoms with Gasteiger partial charge in [0.25, 0.3) is 0 Å². The van der Waals surface area contributed by atoms with Crippen LogP contribution in [0.1, 0.15) is 49.7 Å². The number of hydrogen-bond acceptors (Lipinski definition) is 5. The Morgan fingerprint density at radius 3 is 2.65 bits per heavy atom. The Hall–Kier alpha value is -1.85. The molecule has 2 heterocycles. The second kappa shape index (κ2) is 8.23. The quantitative estimate of drug-likeness (QED) is 0.733. The summed E-state index contributed by atoms with van der Waals surface area (Å²) in [5.41, 5.74) is 1.32. The predicted octanol–water partition coefficient (Wildman–Crippen LogP) is 3.91. The maximum atomic E-state index is 12.5. The molecule has 0 unspecified atom stereocenters. The zero-order valence-corrected chi connectivity index (χ0v) is 16.3. The summed E-state index contributed by atoms with van der Waals surface area (Å²) >= 11 is 0. The standard InChI is InChI=1S/C21H30N2O3/c1-5-25-21(24)20-17-8-6-7-9-18(17)26-19(20)14-22(4)16-10-12-23(13-11-16)15(2)3/h6-9,15-16H,5,10-14H2,1-4H3. The number of benzene rings is 1. The van der Waals surface area contributed by atoms with Gasteiger partial charge in [0.05, 0.1) is 13.2 Å². The fraction of sp³-hybridized carbons (Fsp3) is 0.571. The normalized spacial score (nSPS) is 16.7. The molecule has 1 saturated heterocycles. The number of rotatable bonds is 6. The van der Waals surface area contributed by atoms with Crippen LogP contribution in [0, 0.1) is 0 Å². The van der Waals surface area contributed by atoms with Gasteiger partial charge in [-0.1, -0.05) is 18.2 Å². The first-order valence-corrected chi connectivity index (χ1v) is 9.63. The summed E-state index contributed by atoms with van der Waals surface area (Å²) < 4.78 is 11.3. The second-order valence-corrected chi connectivity index (χ2v) is 7.39. The van der Waals surface area contributed by atoms with E-state index < -0.39 is 0 Å². The van der Waals surface area contributed by atoms with Crippen molar-refractivity contribution in [2.75, 3.05) is 26.7 Å². The van der Waals surface area contributed by atoms with Gasteiger partial charge in [0.15, 0.2) is 0 Å². The summed E-state index contributed by atoms with van der Waals surface area (Å²) in [6.45, 7) is 9.56. The molecule has 26 heavy (non-hydrogen) atoms. The Kier molecular flexibility index (Phi) is 5.99. The summed E-state index contributed by atoms with van der Waals surface area (Å²) in [6, 6.07) is 8.80. The predicted molar refractivity (Wildman–Crippen MR) is 103 cm³/mol. The minimum Gasteiger partial charge on any atom is -0.462 e. The van der Waals surface area contributed by atoms with Crippen LogP contribution in [-0.4, -0.2) is 54.6 Å². The van der Waals surface area contributed by atoms with Crippen LogP contribution in [0.5, 0.6) is 0 Å². The smallest absolute Gasteiger partial charge is 0.342 e. The molecule has 0 saturated carbocycles. The third-order valence-corrected chi connectivity index (χ3v) is 5.39. The molecule has 0 N–H and O–H groups in total. The van der Waals surface area contributed by atoms with Crippen LogP contribution in [0.25, 0.3) is 11.0 Å².